The van der Waals surface area contributed by atoms with Crippen molar-refractivity contribution in [3.63, 3.8) is 0 Å². The second-order valence-electron chi connectivity index (χ2n) is 3.69. The first-order valence-corrected chi connectivity index (χ1v) is 6.78. The average Bonchev–Trinajstić information content (AvgIpc) is 2.51. The van der Waals surface area contributed by atoms with Gasteiger partial charge in [0.25, 0.3) is 0 Å². The van der Waals surface area contributed by atoms with Crippen LogP contribution in [0.2, 0.25) is 0 Å². The summed E-state index contributed by atoms with van der Waals surface area (Å²) in [6.07, 6.45) is 0. The molecule has 1 atom stereocenters. The van der Waals surface area contributed by atoms with Gasteiger partial charge in [-0.1, -0.05) is 19.1 Å². The van der Waals surface area contributed by atoms with Crippen molar-refractivity contribution in [2.75, 3.05) is 13.6 Å². The van der Waals surface area contributed by atoms with Crippen LogP contribution in [-0.4, -0.2) is 23.5 Å². The summed E-state index contributed by atoms with van der Waals surface area (Å²) >= 11 is 10.2. The molecule has 5 heteroatoms. The van der Waals surface area contributed by atoms with Crippen molar-refractivity contribution in [1.29, 1.82) is 0 Å². The van der Waals surface area contributed by atoms with Gasteiger partial charge in [-0.3, -0.25) is 0 Å². The monoisotopic (exact) mass is 306 g/mol. The summed E-state index contributed by atoms with van der Waals surface area (Å²) in [6, 6.07) is 2.07. The summed E-state index contributed by atoms with van der Waals surface area (Å²) in [5, 5.41) is 2.09. The van der Waals surface area contributed by atoms with Gasteiger partial charge in [-0.15, -0.1) is 11.3 Å². The molecule has 0 spiro atoms. The smallest absolute Gasteiger partial charge is 0.0768 e. The number of nitrogens with two attached hydrogens (primary N) is 1. The summed E-state index contributed by atoms with van der Waals surface area (Å²) in [6.45, 7) is 3.90. The lowest BCUT2D eigenvalue weighted by Crippen LogP contribution is -2.31. The molecule has 0 aromatic carbocycles. The van der Waals surface area contributed by atoms with Crippen LogP contribution in [0.15, 0.2) is 15.9 Å². The summed E-state index contributed by atoms with van der Waals surface area (Å²) in [4.78, 5) is 4.17. The van der Waals surface area contributed by atoms with Crippen LogP contribution in [-0.2, 0) is 6.54 Å². The average molecular weight is 307 g/mol. The third-order valence-corrected chi connectivity index (χ3v) is 4.49. The highest BCUT2D eigenvalue weighted by Crippen LogP contribution is 2.23. The Morgan fingerprint density at radius 3 is 2.87 bits per heavy atom. The molecule has 0 amide bonds. The molecule has 0 aliphatic heterocycles. The third kappa shape index (κ3) is 4.18. The van der Waals surface area contributed by atoms with Gasteiger partial charge in [0, 0.05) is 28.4 Å². The van der Waals surface area contributed by atoms with Gasteiger partial charge in [-0.05, 0) is 34.4 Å². The van der Waals surface area contributed by atoms with Crippen molar-refractivity contribution >= 4 is 44.5 Å². The van der Waals surface area contributed by atoms with E-state index < -0.39 is 0 Å². The van der Waals surface area contributed by atoms with Gasteiger partial charge in [-0.2, -0.15) is 0 Å². The number of hydrogen-bond donors (Lipinski definition) is 1. The van der Waals surface area contributed by atoms with E-state index >= 15 is 0 Å². The van der Waals surface area contributed by atoms with Crippen molar-refractivity contribution in [3.8, 4) is 0 Å². The highest BCUT2D eigenvalue weighted by Gasteiger charge is 2.10. The molecule has 0 saturated heterocycles. The summed E-state index contributed by atoms with van der Waals surface area (Å²) < 4.78 is 1.18. The van der Waals surface area contributed by atoms with E-state index in [0.29, 0.717) is 4.99 Å². The molecule has 2 nitrogen and oxygen atoms in total. The molecule has 84 valence electrons. The molecule has 2 N–H and O–H groups in total. The van der Waals surface area contributed by atoms with Crippen LogP contribution in [0.4, 0.5) is 0 Å². The number of halogens is 1. The van der Waals surface area contributed by atoms with E-state index in [-0.39, 0.29) is 5.92 Å². The van der Waals surface area contributed by atoms with Gasteiger partial charge in [-0.25, -0.2) is 0 Å². The van der Waals surface area contributed by atoms with Crippen LogP contribution in [0.5, 0.6) is 0 Å². The predicted octanol–water partition coefficient (Wildman–Crippen LogP) is 2.86. The number of thiocarbonyl (C=S) groups is 1. The Bertz CT molecular complexity index is 338. The molecule has 1 rings (SSSR count). The largest absolute Gasteiger partial charge is 0.393 e. The molecule has 0 saturated carbocycles. The fourth-order valence-corrected chi connectivity index (χ4v) is 2.94. The Balaban J connectivity index is 2.46. The molecule has 1 heterocycles. The van der Waals surface area contributed by atoms with Crippen LogP contribution in [0.3, 0.4) is 0 Å². The van der Waals surface area contributed by atoms with Crippen molar-refractivity contribution in [2.45, 2.75) is 13.5 Å². The van der Waals surface area contributed by atoms with Crippen LogP contribution >= 0.6 is 39.5 Å². The lowest BCUT2D eigenvalue weighted by atomic mass is 10.2. The highest BCUT2D eigenvalue weighted by molar-refractivity contribution is 9.10. The lowest BCUT2D eigenvalue weighted by Gasteiger charge is -2.20. The highest BCUT2D eigenvalue weighted by atomic mass is 79.9. The second kappa shape index (κ2) is 5.94. The second-order valence-corrected chi connectivity index (χ2v) is 6.02. The van der Waals surface area contributed by atoms with Crippen molar-refractivity contribution in [2.24, 2.45) is 11.7 Å². The molecule has 0 bridgehead atoms. The Morgan fingerprint density at radius 2 is 2.40 bits per heavy atom. The minimum absolute atomic E-state index is 0.267. The fraction of sp³-hybridized carbons (Fsp3) is 0.500. The van der Waals surface area contributed by atoms with Crippen molar-refractivity contribution < 1.29 is 0 Å². The van der Waals surface area contributed by atoms with Crippen molar-refractivity contribution in [1.82, 2.24) is 4.90 Å². The van der Waals surface area contributed by atoms with Crippen LogP contribution in [0, 0.1) is 5.92 Å². The van der Waals surface area contributed by atoms with Gasteiger partial charge in [0.15, 0.2) is 0 Å². The molecule has 1 aromatic rings. The Kier molecular flexibility index (Phi) is 5.18. The molecular formula is C10H15BrN2S2. The Hall–Kier alpha value is 0.0300. The summed E-state index contributed by atoms with van der Waals surface area (Å²) in [7, 11) is 2.08. The Morgan fingerprint density at radius 1 is 1.73 bits per heavy atom. The number of hydrogen-bond acceptors (Lipinski definition) is 3. The first kappa shape index (κ1) is 13.1. The van der Waals surface area contributed by atoms with E-state index in [9.17, 15) is 0 Å². The zero-order valence-electron chi connectivity index (χ0n) is 8.87. The molecule has 1 unspecified atom stereocenters. The maximum absolute atomic E-state index is 5.59. The SMILES string of the molecule is CC(CN(C)Cc1sccc1Br)C(N)=S. The van der Waals surface area contributed by atoms with Crippen LogP contribution in [0.25, 0.3) is 0 Å². The molecular weight excluding hydrogens is 292 g/mol. The van der Waals surface area contributed by atoms with Gasteiger partial charge in [0.2, 0.25) is 0 Å². The molecule has 0 aliphatic carbocycles. The van der Waals surface area contributed by atoms with E-state index in [2.05, 4.69) is 46.2 Å². The van der Waals surface area contributed by atoms with Gasteiger partial charge < -0.3 is 10.6 Å². The predicted molar refractivity (Wildman–Crippen MR) is 74.3 cm³/mol. The molecule has 1 aromatic heterocycles. The van der Waals surface area contributed by atoms with Gasteiger partial charge in [0.1, 0.15) is 0 Å². The van der Waals surface area contributed by atoms with Gasteiger partial charge >= 0.3 is 0 Å². The maximum Gasteiger partial charge on any atom is 0.0768 e. The Labute approximate surface area is 109 Å². The van der Waals surface area contributed by atoms with E-state index in [0.717, 1.165) is 13.1 Å². The summed E-state index contributed by atoms with van der Waals surface area (Å²) in [5.74, 6) is 0.267. The third-order valence-electron chi connectivity index (χ3n) is 2.18. The van der Waals surface area contributed by atoms with Crippen LogP contribution < -0.4 is 5.73 Å². The maximum atomic E-state index is 5.59. The molecule has 0 aliphatic rings. The topological polar surface area (TPSA) is 29.3 Å². The minimum Gasteiger partial charge on any atom is -0.393 e. The quantitative estimate of drug-likeness (QED) is 0.848. The molecule has 15 heavy (non-hydrogen) atoms. The van der Waals surface area contributed by atoms with Crippen LogP contribution in [0.1, 0.15) is 11.8 Å². The number of nitrogens with zero attached hydrogens (tertiary/aromatic N) is 1. The van der Waals surface area contributed by atoms with E-state index in [1.54, 1.807) is 11.3 Å². The van der Waals surface area contributed by atoms with Gasteiger partial charge in [0.05, 0.1) is 4.99 Å². The summed E-state index contributed by atoms with van der Waals surface area (Å²) in [5.41, 5.74) is 5.59. The first-order valence-electron chi connectivity index (χ1n) is 4.70. The van der Waals surface area contributed by atoms with E-state index in [4.69, 9.17) is 18.0 Å². The number of thiophene rings is 1. The number of rotatable bonds is 5. The molecule has 0 fully saturated rings. The fourth-order valence-electron chi connectivity index (χ4n) is 1.31. The van der Waals surface area contributed by atoms with Crippen molar-refractivity contribution in [3.05, 3.63) is 20.8 Å². The van der Waals surface area contributed by atoms with E-state index in [1.165, 1.54) is 9.35 Å². The molecule has 0 radical (unpaired) electrons. The lowest BCUT2D eigenvalue weighted by molar-refractivity contribution is 0.310. The minimum atomic E-state index is 0.267. The normalized spacial score (nSPS) is 13.1. The first-order chi connectivity index (χ1) is 7.00. The zero-order valence-corrected chi connectivity index (χ0v) is 12.1. The van der Waals surface area contributed by atoms with E-state index in [1.807, 2.05) is 0 Å². The standard InChI is InChI=1S/C10H15BrN2S2/c1-7(10(12)14)5-13(2)6-9-8(11)3-4-15-9/h3-4,7H,5-6H2,1-2H3,(H2,12,14). The zero-order chi connectivity index (χ0) is 11.4.